The first-order chi connectivity index (χ1) is 4.88. The van der Waals surface area contributed by atoms with Crippen LogP contribution in [0.15, 0.2) is 0 Å². The van der Waals surface area contributed by atoms with Crippen LogP contribution in [0.1, 0.15) is 25.7 Å². The average molecular weight is 146 g/mol. The van der Waals surface area contributed by atoms with Gasteiger partial charge in [0.15, 0.2) is 0 Å². The molecule has 0 aliphatic heterocycles. The van der Waals surface area contributed by atoms with Crippen molar-refractivity contribution in [1.29, 1.82) is 0 Å². The van der Waals surface area contributed by atoms with E-state index in [1.807, 2.05) is 0 Å². The lowest BCUT2D eigenvalue weighted by Crippen LogP contribution is -2.47. The summed E-state index contributed by atoms with van der Waals surface area (Å²) in [5, 5.41) is 17.2. The highest BCUT2D eigenvalue weighted by atomic mass is 16.5. The third-order valence-electron chi connectivity index (χ3n) is 2.10. The lowest BCUT2D eigenvalue weighted by molar-refractivity contribution is 0.0331. The molecule has 0 bridgehead atoms. The number of hydrogen-bond acceptors (Lipinski definition) is 4. The fraction of sp³-hybridized carbons (Fsp3) is 1.00. The third kappa shape index (κ3) is 1.67. The van der Waals surface area contributed by atoms with E-state index >= 15 is 0 Å². The number of hydrogen-bond donors (Lipinski definition) is 4. The average Bonchev–Trinajstić information content (AvgIpc) is 2.04. The SMILES string of the molecule is ON[C@H]1CCCC[C@@H]1NO. The number of hydroxylamine groups is 2. The fourth-order valence-corrected chi connectivity index (χ4v) is 1.44. The minimum absolute atomic E-state index is 0.0127. The van der Waals surface area contributed by atoms with Gasteiger partial charge in [0.25, 0.3) is 0 Å². The minimum Gasteiger partial charge on any atom is -0.316 e. The molecule has 1 rings (SSSR count). The molecule has 0 aromatic heterocycles. The first-order valence-corrected chi connectivity index (χ1v) is 3.67. The van der Waals surface area contributed by atoms with E-state index in [0.29, 0.717) is 0 Å². The second-order valence-electron chi connectivity index (χ2n) is 2.76. The van der Waals surface area contributed by atoms with Gasteiger partial charge in [-0.3, -0.25) is 0 Å². The smallest absolute Gasteiger partial charge is 0.0495 e. The summed E-state index contributed by atoms with van der Waals surface area (Å²) in [5.41, 5.74) is 4.36. The molecule has 2 atom stereocenters. The van der Waals surface area contributed by atoms with E-state index in [0.717, 1.165) is 25.7 Å². The molecule has 1 aliphatic carbocycles. The molecule has 4 nitrogen and oxygen atoms in total. The molecule has 0 amide bonds. The van der Waals surface area contributed by atoms with Crippen molar-refractivity contribution in [3.05, 3.63) is 0 Å². The van der Waals surface area contributed by atoms with E-state index in [-0.39, 0.29) is 12.1 Å². The van der Waals surface area contributed by atoms with Crippen LogP contribution in [0.4, 0.5) is 0 Å². The van der Waals surface area contributed by atoms with Gasteiger partial charge in [-0.05, 0) is 12.8 Å². The van der Waals surface area contributed by atoms with Gasteiger partial charge < -0.3 is 10.4 Å². The molecular weight excluding hydrogens is 132 g/mol. The molecule has 60 valence electrons. The molecule has 10 heavy (non-hydrogen) atoms. The Bertz CT molecular complexity index is 87.7. The molecule has 1 aliphatic rings. The summed E-state index contributed by atoms with van der Waals surface area (Å²) >= 11 is 0. The Balaban J connectivity index is 2.34. The largest absolute Gasteiger partial charge is 0.316 e. The minimum atomic E-state index is 0.0127. The van der Waals surface area contributed by atoms with Crippen LogP contribution in [0.3, 0.4) is 0 Å². The summed E-state index contributed by atoms with van der Waals surface area (Å²) in [7, 11) is 0. The van der Waals surface area contributed by atoms with Crippen molar-refractivity contribution < 1.29 is 10.4 Å². The molecule has 0 unspecified atom stereocenters. The van der Waals surface area contributed by atoms with Gasteiger partial charge in [0.1, 0.15) is 0 Å². The van der Waals surface area contributed by atoms with E-state index in [9.17, 15) is 0 Å². The zero-order chi connectivity index (χ0) is 7.40. The van der Waals surface area contributed by atoms with E-state index in [1.54, 1.807) is 0 Å². The highest BCUT2D eigenvalue weighted by molar-refractivity contribution is 4.81. The number of rotatable bonds is 2. The Morgan fingerprint density at radius 1 is 0.900 bits per heavy atom. The summed E-state index contributed by atoms with van der Waals surface area (Å²) in [6.45, 7) is 0. The Hall–Kier alpha value is -0.160. The summed E-state index contributed by atoms with van der Waals surface area (Å²) in [6, 6.07) is 0.0255. The van der Waals surface area contributed by atoms with E-state index in [2.05, 4.69) is 11.0 Å². The first-order valence-electron chi connectivity index (χ1n) is 3.67. The normalized spacial score (nSPS) is 34.2. The molecule has 1 saturated carbocycles. The van der Waals surface area contributed by atoms with E-state index < -0.39 is 0 Å². The van der Waals surface area contributed by atoms with Crippen LogP contribution in [0.2, 0.25) is 0 Å². The van der Waals surface area contributed by atoms with Crippen LogP contribution in [0.25, 0.3) is 0 Å². The molecule has 4 N–H and O–H groups in total. The quantitative estimate of drug-likeness (QED) is 0.422. The lowest BCUT2D eigenvalue weighted by atomic mass is 9.91. The van der Waals surface area contributed by atoms with Gasteiger partial charge in [0.2, 0.25) is 0 Å². The Morgan fingerprint density at radius 2 is 1.30 bits per heavy atom. The van der Waals surface area contributed by atoms with Crippen molar-refractivity contribution in [2.75, 3.05) is 0 Å². The van der Waals surface area contributed by atoms with Crippen molar-refractivity contribution in [3.8, 4) is 0 Å². The molecular formula is C6H14N2O2. The maximum absolute atomic E-state index is 8.59. The zero-order valence-electron chi connectivity index (χ0n) is 5.88. The molecule has 4 heteroatoms. The molecule has 1 fully saturated rings. The van der Waals surface area contributed by atoms with Gasteiger partial charge in [-0.2, -0.15) is 0 Å². The van der Waals surface area contributed by atoms with Gasteiger partial charge >= 0.3 is 0 Å². The van der Waals surface area contributed by atoms with Crippen LogP contribution in [-0.4, -0.2) is 22.5 Å². The second kappa shape index (κ2) is 3.88. The van der Waals surface area contributed by atoms with Gasteiger partial charge in [-0.1, -0.05) is 12.8 Å². The first kappa shape index (κ1) is 7.94. The van der Waals surface area contributed by atoms with Crippen LogP contribution in [-0.2, 0) is 0 Å². The Labute approximate surface area is 60.2 Å². The van der Waals surface area contributed by atoms with Crippen molar-refractivity contribution in [2.45, 2.75) is 37.8 Å². The van der Waals surface area contributed by atoms with Crippen LogP contribution in [0, 0.1) is 0 Å². The highest BCUT2D eigenvalue weighted by Crippen LogP contribution is 2.17. The molecule has 0 radical (unpaired) electrons. The molecule has 0 saturated heterocycles. The maximum atomic E-state index is 8.59. The van der Waals surface area contributed by atoms with Crippen LogP contribution >= 0.6 is 0 Å². The zero-order valence-corrected chi connectivity index (χ0v) is 5.88. The fourth-order valence-electron chi connectivity index (χ4n) is 1.44. The van der Waals surface area contributed by atoms with E-state index in [1.165, 1.54) is 0 Å². The van der Waals surface area contributed by atoms with Crippen LogP contribution < -0.4 is 11.0 Å². The molecule has 0 aromatic rings. The van der Waals surface area contributed by atoms with Gasteiger partial charge in [-0.25, -0.2) is 11.0 Å². The molecule has 0 heterocycles. The van der Waals surface area contributed by atoms with Crippen molar-refractivity contribution >= 4 is 0 Å². The summed E-state index contributed by atoms with van der Waals surface area (Å²) in [5.74, 6) is 0. The van der Waals surface area contributed by atoms with Crippen molar-refractivity contribution in [1.82, 2.24) is 11.0 Å². The second-order valence-corrected chi connectivity index (χ2v) is 2.76. The lowest BCUT2D eigenvalue weighted by Gasteiger charge is -2.28. The van der Waals surface area contributed by atoms with Crippen LogP contribution in [0.5, 0.6) is 0 Å². The van der Waals surface area contributed by atoms with Gasteiger partial charge in [0, 0.05) is 12.1 Å². The summed E-state index contributed by atoms with van der Waals surface area (Å²) in [6.07, 6.45) is 4.09. The number of nitrogens with one attached hydrogen (secondary N) is 2. The van der Waals surface area contributed by atoms with Crippen molar-refractivity contribution in [2.24, 2.45) is 0 Å². The topological polar surface area (TPSA) is 64.5 Å². The Morgan fingerprint density at radius 3 is 1.60 bits per heavy atom. The molecule has 0 spiro atoms. The van der Waals surface area contributed by atoms with Gasteiger partial charge in [0.05, 0.1) is 0 Å². The Kier molecular flexibility index (Phi) is 3.08. The van der Waals surface area contributed by atoms with Gasteiger partial charge in [-0.15, -0.1) is 0 Å². The summed E-state index contributed by atoms with van der Waals surface area (Å²) < 4.78 is 0. The third-order valence-corrected chi connectivity index (χ3v) is 2.10. The standard InChI is InChI=1S/C6H14N2O2/c9-7-5-3-1-2-4-6(5)8-10/h5-10H,1-4H2/t5-,6-/m0/s1. The highest BCUT2D eigenvalue weighted by Gasteiger charge is 2.23. The van der Waals surface area contributed by atoms with Crippen molar-refractivity contribution in [3.63, 3.8) is 0 Å². The predicted molar refractivity (Wildman–Crippen MR) is 35.9 cm³/mol. The summed E-state index contributed by atoms with van der Waals surface area (Å²) in [4.78, 5) is 0. The monoisotopic (exact) mass is 146 g/mol. The van der Waals surface area contributed by atoms with E-state index in [4.69, 9.17) is 10.4 Å². The maximum Gasteiger partial charge on any atom is 0.0495 e. The predicted octanol–water partition coefficient (Wildman–Crippen LogP) is 0.255. The molecule has 0 aromatic carbocycles.